The molecular formula is C13H22BrN3O2. The summed E-state index contributed by atoms with van der Waals surface area (Å²) in [6, 6.07) is 0. The molecule has 0 aliphatic rings. The van der Waals surface area contributed by atoms with E-state index in [9.17, 15) is 4.79 Å². The van der Waals surface area contributed by atoms with Gasteiger partial charge in [-0.2, -0.15) is 5.10 Å². The molecule has 0 saturated carbocycles. The molecule has 1 aromatic rings. The first-order valence-electron chi connectivity index (χ1n) is 6.61. The van der Waals surface area contributed by atoms with Crippen LogP contribution in [0.1, 0.15) is 32.2 Å². The molecule has 1 rings (SSSR count). The second-order valence-corrected chi connectivity index (χ2v) is 5.09. The van der Waals surface area contributed by atoms with Gasteiger partial charge in [-0.1, -0.05) is 13.8 Å². The van der Waals surface area contributed by atoms with E-state index < -0.39 is 0 Å². The Morgan fingerprint density at radius 3 is 2.58 bits per heavy atom. The van der Waals surface area contributed by atoms with Crippen LogP contribution in [-0.2, 0) is 29.5 Å². The lowest BCUT2D eigenvalue weighted by Crippen LogP contribution is -2.31. The van der Waals surface area contributed by atoms with Crippen LogP contribution in [-0.4, -0.2) is 40.3 Å². The van der Waals surface area contributed by atoms with Crippen LogP contribution in [0.5, 0.6) is 0 Å². The second-order valence-electron chi connectivity index (χ2n) is 4.29. The van der Waals surface area contributed by atoms with Gasteiger partial charge in [-0.05, 0) is 35.8 Å². The summed E-state index contributed by atoms with van der Waals surface area (Å²) in [7, 11) is 1.93. The molecule has 19 heavy (non-hydrogen) atoms. The van der Waals surface area contributed by atoms with Crippen molar-refractivity contribution in [3.8, 4) is 0 Å². The van der Waals surface area contributed by atoms with Gasteiger partial charge in [0.1, 0.15) is 0 Å². The Labute approximate surface area is 123 Å². The molecule has 0 bridgehead atoms. The topological polar surface area (TPSA) is 47.4 Å². The Balaban J connectivity index is 2.75. The lowest BCUT2D eigenvalue weighted by Gasteiger charge is -2.19. The lowest BCUT2D eigenvalue weighted by atomic mass is 10.3. The number of likely N-dealkylation sites (N-methyl/N-ethyl adjacent to an activating group) is 1. The first-order chi connectivity index (χ1) is 9.03. The first-order valence-corrected chi connectivity index (χ1v) is 7.40. The number of ether oxygens (including phenoxy) is 1. The van der Waals surface area contributed by atoms with E-state index in [0.29, 0.717) is 19.7 Å². The van der Waals surface area contributed by atoms with Gasteiger partial charge in [0.05, 0.1) is 29.0 Å². The molecule has 1 aromatic heterocycles. The number of halogens is 1. The van der Waals surface area contributed by atoms with E-state index in [0.717, 1.165) is 28.8 Å². The summed E-state index contributed by atoms with van der Waals surface area (Å²) in [5.74, 6) is -0.182. The molecule has 5 nitrogen and oxygen atoms in total. The highest BCUT2D eigenvalue weighted by Crippen LogP contribution is 2.22. The van der Waals surface area contributed by atoms with Crippen molar-refractivity contribution in [1.29, 1.82) is 0 Å². The Bertz CT molecular complexity index is 432. The van der Waals surface area contributed by atoms with Gasteiger partial charge in [-0.3, -0.25) is 14.4 Å². The zero-order valence-corrected chi connectivity index (χ0v) is 13.7. The highest BCUT2D eigenvalue weighted by Gasteiger charge is 2.17. The van der Waals surface area contributed by atoms with Gasteiger partial charge in [0.25, 0.3) is 0 Å². The molecule has 0 radical (unpaired) electrons. The van der Waals surface area contributed by atoms with Gasteiger partial charge in [0.2, 0.25) is 0 Å². The number of aromatic nitrogens is 2. The third-order valence-corrected chi connectivity index (χ3v) is 3.90. The van der Waals surface area contributed by atoms with Crippen LogP contribution in [0.4, 0.5) is 0 Å². The number of hydrogen-bond acceptors (Lipinski definition) is 4. The Hall–Kier alpha value is -0.880. The van der Waals surface area contributed by atoms with Crippen LogP contribution in [0, 0.1) is 0 Å². The Kier molecular flexibility index (Phi) is 6.51. The summed E-state index contributed by atoms with van der Waals surface area (Å²) >= 11 is 3.59. The van der Waals surface area contributed by atoms with Gasteiger partial charge < -0.3 is 4.74 Å². The summed E-state index contributed by atoms with van der Waals surface area (Å²) in [6.07, 6.45) is 0.887. The average Bonchev–Trinajstić information content (AvgIpc) is 2.65. The van der Waals surface area contributed by atoms with Crippen LogP contribution < -0.4 is 0 Å². The molecule has 0 fully saturated rings. The van der Waals surface area contributed by atoms with E-state index in [1.165, 1.54) is 0 Å². The number of carbonyl (C=O) groups is 1. The van der Waals surface area contributed by atoms with Crippen LogP contribution in [0.2, 0.25) is 0 Å². The molecule has 108 valence electrons. The van der Waals surface area contributed by atoms with E-state index >= 15 is 0 Å². The lowest BCUT2D eigenvalue weighted by molar-refractivity contribution is -0.144. The van der Waals surface area contributed by atoms with Crippen LogP contribution in [0.3, 0.4) is 0 Å². The van der Waals surface area contributed by atoms with Gasteiger partial charge in [-0.25, -0.2) is 0 Å². The molecule has 0 saturated heterocycles. The van der Waals surface area contributed by atoms with Crippen molar-refractivity contribution in [3.63, 3.8) is 0 Å². The van der Waals surface area contributed by atoms with Crippen molar-refractivity contribution in [2.24, 2.45) is 7.05 Å². The van der Waals surface area contributed by atoms with Crippen LogP contribution in [0.15, 0.2) is 4.47 Å². The normalized spacial score (nSPS) is 11.1. The molecule has 0 N–H and O–H groups in total. The van der Waals surface area contributed by atoms with Crippen molar-refractivity contribution in [2.75, 3.05) is 19.7 Å². The van der Waals surface area contributed by atoms with E-state index in [-0.39, 0.29) is 5.97 Å². The van der Waals surface area contributed by atoms with E-state index in [1.54, 1.807) is 0 Å². The minimum atomic E-state index is -0.182. The summed E-state index contributed by atoms with van der Waals surface area (Å²) in [5, 5.41) is 4.46. The van der Waals surface area contributed by atoms with Gasteiger partial charge in [0, 0.05) is 13.6 Å². The zero-order valence-electron chi connectivity index (χ0n) is 12.1. The van der Waals surface area contributed by atoms with E-state index in [1.807, 2.05) is 30.5 Å². The highest BCUT2D eigenvalue weighted by atomic mass is 79.9. The molecule has 0 aromatic carbocycles. The highest BCUT2D eigenvalue weighted by molar-refractivity contribution is 9.10. The number of hydrogen-bond donors (Lipinski definition) is 0. The first kappa shape index (κ1) is 16.2. The SMILES string of the molecule is CCOC(=O)CN(CC)Cc1c(Br)c(CC)nn1C. The maximum Gasteiger partial charge on any atom is 0.320 e. The second kappa shape index (κ2) is 7.65. The van der Waals surface area contributed by atoms with E-state index in [2.05, 4.69) is 28.0 Å². The molecule has 1 heterocycles. The minimum Gasteiger partial charge on any atom is -0.465 e. The maximum absolute atomic E-state index is 11.5. The molecule has 0 atom stereocenters. The zero-order chi connectivity index (χ0) is 14.4. The van der Waals surface area contributed by atoms with Crippen molar-refractivity contribution in [1.82, 2.24) is 14.7 Å². The van der Waals surface area contributed by atoms with Crippen molar-refractivity contribution >= 4 is 21.9 Å². The predicted molar refractivity (Wildman–Crippen MR) is 77.9 cm³/mol. The monoisotopic (exact) mass is 331 g/mol. The van der Waals surface area contributed by atoms with Crippen molar-refractivity contribution in [2.45, 2.75) is 33.7 Å². The molecule has 0 aliphatic carbocycles. The molecule has 6 heteroatoms. The van der Waals surface area contributed by atoms with Gasteiger partial charge in [-0.15, -0.1) is 0 Å². The summed E-state index contributed by atoms with van der Waals surface area (Å²) in [6.45, 7) is 8.13. The smallest absolute Gasteiger partial charge is 0.320 e. The number of aryl methyl sites for hydroxylation is 2. The third kappa shape index (κ3) is 4.31. The summed E-state index contributed by atoms with van der Waals surface area (Å²) < 4.78 is 7.90. The summed E-state index contributed by atoms with van der Waals surface area (Å²) in [5.41, 5.74) is 2.13. The summed E-state index contributed by atoms with van der Waals surface area (Å²) in [4.78, 5) is 13.6. The fourth-order valence-electron chi connectivity index (χ4n) is 1.87. The van der Waals surface area contributed by atoms with Crippen molar-refractivity contribution in [3.05, 3.63) is 15.9 Å². The fraction of sp³-hybridized carbons (Fsp3) is 0.692. The standard InChI is InChI=1S/C13H22BrN3O2/c1-5-10-13(14)11(16(4)15-10)8-17(6-2)9-12(18)19-7-3/h5-9H2,1-4H3. The largest absolute Gasteiger partial charge is 0.465 e. The molecule has 0 spiro atoms. The van der Waals surface area contributed by atoms with Crippen molar-refractivity contribution < 1.29 is 9.53 Å². The number of nitrogens with zero attached hydrogens (tertiary/aromatic N) is 3. The van der Waals surface area contributed by atoms with Crippen LogP contribution >= 0.6 is 15.9 Å². The molecular weight excluding hydrogens is 310 g/mol. The average molecular weight is 332 g/mol. The molecule has 0 amide bonds. The molecule has 0 aliphatic heterocycles. The quantitative estimate of drug-likeness (QED) is 0.718. The predicted octanol–water partition coefficient (Wildman–Crippen LogP) is 2.13. The number of esters is 1. The van der Waals surface area contributed by atoms with E-state index in [4.69, 9.17) is 4.74 Å². The third-order valence-electron chi connectivity index (χ3n) is 2.98. The van der Waals surface area contributed by atoms with Gasteiger partial charge in [0.15, 0.2) is 0 Å². The molecule has 0 unspecified atom stereocenters. The van der Waals surface area contributed by atoms with Crippen LogP contribution in [0.25, 0.3) is 0 Å². The van der Waals surface area contributed by atoms with Gasteiger partial charge >= 0.3 is 5.97 Å². The number of carbonyl (C=O) groups excluding carboxylic acids is 1. The maximum atomic E-state index is 11.5. The Morgan fingerprint density at radius 1 is 1.42 bits per heavy atom. The fourth-order valence-corrected chi connectivity index (χ4v) is 2.61. The number of rotatable bonds is 7. The minimum absolute atomic E-state index is 0.182. The Morgan fingerprint density at radius 2 is 2.11 bits per heavy atom.